The van der Waals surface area contributed by atoms with Crippen LogP contribution in [0.2, 0.25) is 0 Å². The normalized spacial score (nSPS) is 17.5. The quantitative estimate of drug-likeness (QED) is 0.777. The molecule has 0 heterocycles. The van der Waals surface area contributed by atoms with Crippen molar-refractivity contribution in [2.45, 2.75) is 64.3 Å². The second-order valence-electron chi connectivity index (χ2n) is 5.83. The number of nitrogens with one attached hydrogen (secondary N) is 2. The first-order valence-corrected chi connectivity index (χ1v) is 8.28. The molecule has 1 aliphatic rings. The molecule has 1 aliphatic carbocycles. The van der Waals surface area contributed by atoms with E-state index in [1.54, 1.807) is 0 Å². The SMILES string of the molecule is CC[C@H](C)c1ccccc1NC(=S)NC1CCCCC1. The molecule has 110 valence electrons. The first-order valence-electron chi connectivity index (χ1n) is 7.87. The van der Waals surface area contributed by atoms with Crippen LogP contribution in [0.15, 0.2) is 24.3 Å². The van der Waals surface area contributed by atoms with Crippen molar-refractivity contribution in [2.75, 3.05) is 5.32 Å². The van der Waals surface area contributed by atoms with E-state index in [0.29, 0.717) is 12.0 Å². The molecule has 2 nitrogen and oxygen atoms in total. The van der Waals surface area contributed by atoms with Crippen molar-refractivity contribution in [2.24, 2.45) is 0 Å². The van der Waals surface area contributed by atoms with E-state index in [-0.39, 0.29) is 0 Å². The number of benzene rings is 1. The van der Waals surface area contributed by atoms with Gasteiger partial charge in [-0.2, -0.15) is 0 Å². The molecule has 0 aliphatic heterocycles. The van der Waals surface area contributed by atoms with E-state index in [4.69, 9.17) is 12.2 Å². The predicted molar refractivity (Wildman–Crippen MR) is 91.4 cm³/mol. The van der Waals surface area contributed by atoms with Crippen LogP contribution in [0.3, 0.4) is 0 Å². The van der Waals surface area contributed by atoms with Gasteiger partial charge in [0.1, 0.15) is 0 Å². The highest BCUT2D eigenvalue weighted by Gasteiger charge is 2.15. The van der Waals surface area contributed by atoms with Gasteiger partial charge >= 0.3 is 0 Å². The van der Waals surface area contributed by atoms with Gasteiger partial charge in [0.2, 0.25) is 0 Å². The number of hydrogen-bond donors (Lipinski definition) is 2. The molecule has 0 saturated heterocycles. The smallest absolute Gasteiger partial charge is 0.171 e. The summed E-state index contributed by atoms with van der Waals surface area (Å²) in [7, 11) is 0. The first-order chi connectivity index (χ1) is 9.70. The summed E-state index contributed by atoms with van der Waals surface area (Å²) < 4.78 is 0. The molecule has 20 heavy (non-hydrogen) atoms. The van der Waals surface area contributed by atoms with E-state index in [1.165, 1.54) is 37.7 Å². The van der Waals surface area contributed by atoms with Gasteiger partial charge in [0.05, 0.1) is 0 Å². The summed E-state index contributed by atoms with van der Waals surface area (Å²) in [6, 6.07) is 9.04. The lowest BCUT2D eigenvalue weighted by Gasteiger charge is -2.25. The van der Waals surface area contributed by atoms with Crippen LogP contribution in [0.25, 0.3) is 0 Å². The Balaban J connectivity index is 1.96. The molecular formula is C17H26N2S. The molecule has 3 heteroatoms. The fraction of sp³-hybridized carbons (Fsp3) is 0.588. The Bertz CT molecular complexity index is 438. The minimum Gasteiger partial charge on any atom is -0.360 e. The molecular weight excluding hydrogens is 264 g/mol. The molecule has 0 aromatic heterocycles. The first kappa shape index (κ1) is 15.3. The maximum absolute atomic E-state index is 5.48. The zero-order valence-corrected chi connectivity index (χ0v) is 13.4. The molecule has 0 bridgehead atoms. The second-order valence-corrected chi connectivity index (χ2v) is 6.24. The monoisotopic (exact) mass is 290 g/mol. The summed E-state index contributed by atoms with van der Waals surface area (Å²) in [6.45, 7) is 4.48. The molecule has 2 N–H and O–H groups in total. The van der Waals surface area contributed by atoms with E-state index >= 15 is 0 Å². The molecule has 1 aromatic rings. The zero-order valence-electron chi connectivity index (χ0n) is 12.6. The third-order valence-corrected chi connectivity index (χ3v) is 4.51. The summed E-state index contributed by atoms with van der Waals surface area (Å²) in [5.74, 6) is 0.552. The van der Waals surface area contributed by atoms with Crippen LogP contribution in [-0.4, -0.2) is 11.2 Å². The lowest BCUT2D eigenvalue weighted by Crippen LogP contribution is -2.39. The molecule has 0 amide bonds. The van der Waals surface area contributed by atoms with Gasteiger partial charge in [-0.25, -0.2) is 0 Å². The van der Waals surface area contributed by atoms with Crippen molar-refractivity contribution in [3.63, 3.8) is 0 Å². The van der Waals surface area contributed by atoms with Crippen LogP contribution in [0, 0.1) is 0 Å². The molecule has 0 radical (unpaired) electrons. The van der Waals surface area contributed by atoms with Gasteiger partial charge in [0.25, 0.3) is 0 Å². The Hall–Kier alpha value is -1.09. The number of thiocarbonyl (C=S) groups is 1. The Morgan fingerprint density at radius 2 is 1.95 bits per heavy atom. The van der Waals surface area contributed by atoms with Crippen molar-refractivity contribution < 1.29 is 0 Å². The Morgan fingerprint density at radius 1 is 1.25 bits per heavy atom. The van der Waals surface area contributed by atoms with Gasteiger partial charge in [-0.15, -0.1) is 0 Å². The Morgan fingerprint density at radius 3 is 2.65 bits per heavy atom. The molecule has 0 spiro atoms. The molecule has 1 aromatic carbocycles. The third-order valence-electron chi connectivity index (χ3n) is 4.29. The topological polar surface area (TPSA) is 24.1 Å². The average Bonchev–Trinajstić information content (AvgIpc) is 2.48. The van der Waals surface area contributed by atoms with Crippen LogP contribution < -0.4 is 10.6 Å². The number of anilines is 1. The Kier molecular flexibility index (Phi) is 5.84. The molecule has 0 unspecified atom stereocenters. The number of rotatable bonds is 4. The second kappa shape index (κ2) is 7.63. The maximum atomic E-state index is 5.48. The van der Waals surface area contributed by atoms with Gasteiger partial charge in [-0.05, 0) is 49.0 Å². The van der Waals surface area contributed by atoms with Crippen molar-refractivity contribution >= 4 is 23.0 Å². The van der Waals surface area contributed by atoms with Gasteiger partial charge in [0.15, 0.2) is 5.11 Å². The van der Waals surface area contributed by atoms with Crippen LogP contribution in [-0.2, 0) is 0 Å². The highest BCUT2D eigenvalue weighted by atomic mass is 32.1. The highest BCUT2D eigenvalue weighted by molar-refractivity contribution is 7.80. The number of para-hydroxylation sites is 1. The lowest BCUT2D eigenvalue weighted by molar-refractivity contribution is 0.415. The van der Waals surface area contributed by atoms with Crippen LogP contribution in [0.5, 0.6) is 0 Å². The van der Waals surface area contributed by atoms with E-state index < -0.39 is 0 Å². The van der Waals surface area contributed by atoms with E-state index in [0.717, 1.165) is 17.2 Å². The minimum absolute atomic E-state index is 0.552. The van der Waals surface area contributed by atoms with Crippen LogP contribution in [0.4, 0.5) is 5.69 Å². The van der Waals surface area contributed by atoms with Gasteiger partial charge < -0.3 is 10.6 Å². The predicted octanol–water partition coefficient (Wildman–Crippen LogP) is 4.82. The summed E-state index contributed by atoms with van der Waals surface area (Å²) in [5.41, 5.74) is 2.50. The zero-order chi connectivity index (χ0) is 14.4. The van der Waals surface area contributed by atoms with E-state index in [9.17, 15) is 0 Å². The molecule has 1 saturated carbocycles. The van der Waals surface area contributed by atoms with Crippen LogP contribution in [0.1, 0.15) is 63.9 Å². The number of hydrogen-bond acceptors (Lipinski definition) is 1. The minimum atomic E-state index is 0.552. The summed E-state index contributed by atoms with van der Waals surface area (Å²) in [6.07, 6.45) is 7.65. The van der Waals surface area contributed by atoms with E-state index in [1.807, 2.05) is 0 Å². The van der Waals surface area contributed by atoms with Crippen molar-refractivity contribution in [3.8, 4) is 0 Å². The highest BCUT2D eigenvalue weighted by Crippen LogP contribution is 2.26. The van der Waals surface area contributed by atoms with Crippen LogP contribution >= 0.6 is 12.2 Å². The molecule has 2 rings (SSSR count). The average molecular weight is 290 g/mol. The fourth-order valence-electron chi connectivity index (χ4n) is 2.85. The third kappa shape index (κ3) is 4.20. The van der Waals surface area contributed by atoms with Gasteiger partial charge in [0, 0.05) is 11.7 Å². The largest absolute Gasteiger partial charge is 0.360 e. The lowest BCUT2D eigenvalue weighted by atomic mass is 9.95. The summed E-state index contributed by atoms with van der Waals surface area (Å²) >= 11 is 5.48. The van der Waals surface area contributed by atoms with Gasteiger partial charge in [-0.3, -0.25) is 0 Å². The molecule has 1 atom stereocenters. The summed E-state index contributed by atoms with van der Waals surface area (Å²) in [5, 5.41) is 7.64. The Labute approximate surface area is 128 Å². The van der Waals surface area contributed by atoms with Crippen molar-refractivity contribution in [1.29, 1.82) is 0 Å². The maximum Gasteiger partial charge on any atom is 0.171 e. The van der Waals surface area contributed by atoms with Gasteiger partial charge in [-0.1, -0.05) is 51.3 Å². The fourth-order valence-corrected chi connectivity index (χ4v) is 3.13. The van der Waals surface area contributed by atoms with E-state index in [2.05, 4.69) is 48.7 Å². The molecule has 1 fully saturated rings. The summed E-state index contributed by atoms with van der Waals surface area (Å²) in [4.78, 5) is 0. The standard InChI is InChI=1S/C17H26N2S/c1-3-13(2)15-11-7-8-12-16(15)19-17(20)18-14-9-5-4-6-10-14/h7-8,11-14H,3-6,9-10H2,1-2H3,(H2,18,19,20)/t13-/m0/s1. The van der Waals surface area contributed by atoms with Crippen molar-refractivity contribution in [3.05, 3.63) is 29.8 Å². The van der Waals surface area contributed by atoms with Crippen molar-refractivity contribution in [1.82, 2.24) is 5.32 Å².